The third-order valence-electron chi connectivity index (χ3n) is 4.22. The molecule has 0 bridgehead atoms. The number of imide groups is 1. The van der Waals surface area contributed by atoms with Gasteiger partial charge in [-0.2, -0.15) is 0 Å². The van der Waals surface area contributed by atoms with Crippen molar-refractivity contribution in [3.8, 4) is 0 Å². The van der Waals surface area contributed by atoms with E-state index < -0.39 is 36.3 Å². The van der Waals surface area contributed by atoms with Crippen molar-refractivity contribution in [1.82, 2.24) is 10.2 Å². The van der Waals surface area contributed by atoms with Crippen molar-refractivity contribution >= 4 is 23.7 Å². The van der Waals surface area contributed by atoms with Crippen LogP contribution in [0.15, 0.2) is 48.5 Å². The van der Waals surface area contributed by atoms with Crippen LogP contribution in [0.25, 0.3) is 0 Å². The molecule has 0 radical (unpaired) electrons. The summed E-state index contributed by atoms with van der Waals surface area (Å²) in [7, 11) is 0. The third-order valence-corrected chi connectivity index (χ3v) is 4.22. The monoisotopic (exact) mass is 384 g/mol. The summed E-state index contributed by atoms with van der Waals surface area (Å²) in [6.07, 6.45) is -1.12. The van der Waals surface area contributed by atoms with Gasteiger partial charge in [-0.15, -0.1) is 0 Å². The first-order valence-electron chi connectivity index (χ1n) is 8.53. The van der Waals surface area contributed by atoms with Gasteiger partial charge in [-0.05, 0) is 36.8 Å². The lowest BCUT2D eigenvalue weighted by Gasteiger charge is -2.16. The molecular weight excluding hydrogens is 367 g/mol. The van der Waals surface area contributed by atoms with Crippen LogP contribution in [0, 0.1) is 5.82 Å². The molecule has 0 spiro atoms. The first kappa shape index (κ1) is 19.2. The molecule has 0 aromatic heterocycles. The van der Waals surface area contributed by atoms with Crippen molar-refractivity contribution in [1.29, 1.82) is 0 Å². The molecule has 1 heterocycles. The Kier molecular flexibility index (Phi) is 5.49. The maximum absolute atomic E-state index is 12.9. The molecule has 0 saturated carbocycles. The second-order valence-electron chi connectivity index (χ2n) is 6.22. The number of carbonyl (C=O) groups excluding carboxylic acids is 4. The fourth-order valence-electron chi connectivity index (χ4n) is 2.73. The van der Waals surface area contributed by atoms with Gasteiger partial charge in [0, 0.05) is 6.54 Å². The van der Waals surface area contributed by atoms with Crippen LogP contribution in [-0.2, 0) is 20.9 Å². The smallest absolute Gasteiger partial charge is 0.326 e. The van der Waals surface area contributed by atoms with E-state index in [1.165, 1.54) is 43.3 Å². The van der Waals surface area contributed by atoms with E-state index in [1.807, 2.05) is 0 Å². The molecule has 2 aromatic carbocycles. The van der Waals surface area contributed by atoms with Gasteiger partial charge in [0.25, 0.3) is 17.7 Å². The van der Waals surface area contributed by atoms with Crippen molar-refractivity contribution in [3.05, 3.63) is 71.0 Å². The van der Waals surface area contributed by atoms with Gasteiger partial charge < -0.3 is 10.1 Å². The number of nitrogens with one attached hydrogen (secondary N) is 1. The minimum Gasteiger partial charge on any atom is -0.451 e. The Labute approximate surface area is 160 Å². The average molecular weight is 384 g/mol. The van der Waals surface area contributed by atoms with Gasteiger partial charge in [0.1, 0.15) is 12.4 Å². The molecular formula is C20H17FN2O5. The van der Waals surface area contributed by atoms with E-state index in [1.54, 1.807) is 12.1 Å². The summed E-state index contributed by atoms with van der Waals surface area (Å²) in [5.41, 5.74) is 1.13. The van der Waals surface area contributed by atoms with Crippen LogP contribution in [0.3, 0.4) is 0 Å². The minimum absolute atomic E-state index is 0.138. The number of rotatable bonds is 6. The van der Waals surface area contributed by atoms with Crippen LogP contribution in [0.5, 0.6) is 0 Å². The van der Waals surface area contributed by atoms with E-state index in [-0.39, 0.29) is 23.5 Å². The average Bonchev–Trinajstić information content (AvgIpc) is 2.92. The lowest BCUT2D eigenvalue weighted by molar-refractivity contribution is -0.155. The quantitative estimate of drug-likeness (QED) is 0.604. The number of esters is 1. The summed E-state index contributed by atoms with van der Waals surface area (Å²) in [4.78, 5) is 49.4. The highest BCUT2D eigenvalue weighted by Crippen LogP contribution is 2.22. The topological polar surface area (TPSA) is 92.8 Å². The van der Waals surface area contributed by atoms with E-state index in [0.29, 0.717) is 5.56 Å². The number of halogens is 1. The molecule has 1 aliphatic rings. The summed E-state index contributed by atoms with van der Waals surface area (Å²) < 4.78 is 17.9. The van der Waals surface area contributed by atoms with Crippen molar-refractivity contribution < 1.29 is 28.3 Å². The lowest BCUT2D eigenvalue weighted by Crippen LogP contribution is -2.40. The molecule has 0 fully saturated rings. The minimum atomic E-state index is -1.12. The summed E-state index contributed by atoms with van der Waals surface area (Å²) >= 11 is 0. The van der Waals surface area contributed by atoms with E-state index >= 15 is 0 Å². The van der Waals surface area contributed by atoms with Crippen LogP contribution < -0.4 is 5.32 Å². The fraction of sp³-hybridized carbons (Fsp3) is 0.200. The summed E-state index contributed by atoms with van der Waals surface area (Å²) in [5.74, 6) is -2.97. The van der Waals surface area contributed by atoms with Crippen LogP contribution in [0.2, 0.25) is 0 Å². The highest BCUT2D eigenvalue weighted by atomic mass is 19.1. The number of carbonyl (C=O) groups is 4. The Hall–Kier alpha value is -3.55. The number of hydrogen-bond acceptors (Lipinski definition) is 5. The number of amides is 3. The van der Waals surface area contributed by atoms with Crippen LogP contribution in [0.1, 0.15) is 33.2 Å². The third kappa shape index (κ3) is 4.06. The zero-order chi connectivity index (χ0) is 20.3. The molecule has 0 unspecified atom stereocenters. The standard InChI is InChI=1S/C20H17FN2O5/c1-12(18(25)22-10-13-6-8-14(21)9-7-13)28-17(24)11-23-19(26)15-4-2-3-5-16(15)20(23)27/h2-9,12H,10-11H2,1H3,(H,22,25)/t12-/m0/s1. The van der Waals surface area contributed by atoms with Crippen molar-refractivity contribution in [3.63, 3.8) is 0 Å². The van der Waals surface area contributed by atoms with Gasteiger partial charge in [0.15, 0.2) is 6.10 Å². The zero-order valence-corrected chi connectivity index (χ0v) is 15.0. The molecule has 144 valence electrons. The van der Waals surface area contributed by atoms with Gasteiger partial charge in [-0.1, -0.05) is 24.3 Å². The summed E-state index contributed by atoms with van der Waals surface area (Å²) in [5, 5.41) is 2.56. The van der Waals surface area contributed by atoms with Crippen molar-refractivity contribution in [2.24, 2.45) is 0 Å². The summed E-state index contributed by atoms with van der Waals surface area (Å²) in [6.45, 7) is 0.932. The molecule has 7 nitrogen and oxygen atoms in total. The molecule has 1 atom stereocenters. The first-order valence-corrected chi connectivity index (χ1v) is 8.53. The summed E-state index contributed by atoms with van der Waals surface area (Å²) in [6, 6.07) is 11.8. The van der Waals surface area contributed by atoms with Gasteiger partial charge in [0.2, 0.25) is 0 Å². The van der Waals surface area contributed by atoms with Gasteiger partial charge in [0.05, 0.1) is 11.1 Å². The predicted molar refractivity (Wildman–Crippen MR) is 95.6 cm³/mol. The maximum atomic E-state index is 12.9. The Morgan fingerprint density at radius 3 is 2.18 bits per heavy atom. The highest BCUT2D eigenvalue weighted by molar-refractivity contribution is 6.22. The molecule has 2 aromatic rings. The van der Waals surface area contributed by atoms with E-state index in [9.17, 15) is 23.6 Å². The largest absolute Gasteiger partial charge is 0.451 e. The first-order chi connectivity index (χ1) is 13.4. The van der Waals surface area contributed by atoms with Crippen molar-refractivity contribution in [2.75, 3.05) is 6.54 Å². The molecule has 3 rings (SSSR count). The lowest BCUT2D eigenvalue weighted by atomic mass is 10.1. The van der Waals surface area contributed by atoms with Crippen molar-refractivity contribution in [2.45, 2.75) is 19.6 Å². The van der Waals surface area contributed by atoms with E-state index in [0.717, 1.165) is 4.90 Å². The molecule has 0 aliphatic carbocycles. The number of benzene rings is 2. The number of ether oxygens (including phenoxy) is 1. The Bertz CT molecular complexity index is 907. The molecule has 1 N–H and O–H groups in total. The molecule has 0 saturated heterocycles. The van der Waals surface area contributed by atoms with Gasteiger partial charge in [-0.25, -0.2) is 4.39 Å². The van der Waals surface area contributed by atoms with E-state index in [4.69, 9.17) is 4.74 Å². The zero-order valence-electron chi connectivity index (χ0n) is 15.0. The van der Waals surface area contributed by atoms with Crippen LogP contribution in [0.4, 0.5) is 4.39 Å². The number of hydrogen-bond donors (Lipinski definition) is 1. The Morgan fingerprint density at radius 2 is 1.61 bits per heavy atom. The molecule has 3 amide bonds. The number of nitrogens with zero attached hydrogens (tertiary/aromatic N) is 1. The number of fused-ring (bicyclic) bond motifs is 1. The van der Waals surface area contributed by atoms with E-state index in [2.05, 4.69) is 5.32 Å². The van der Waals surface area contributed by atoms with Gasteiger partial charge >= 0.3 is 5.97 Å². The Morgan fingerprint density at radius 1 is 1.04 bits per heavy atom. The normalized spacial score (nSPS) is 13.9. The van der Waals surface area contributed by atoms with Crippen LogP contribution in [-0.4, -0.2) is 41.2 Å². The molecule has 1 aliphatic heterocycles. The molecule has 8 heteroatoms. The van der Waals surface area contributed by atoms with Gasteiger partial charge in [-0.3, -0.25) is 24.1 Å². The second kappa shape index (κ2) is 7.99. The van der Waals surface area contributed by atoms with Crippen LogP contribution >= 0.6 is 0 Å². The predicted octanol–water partition coefficient (Wildman–Crippen LogP) is 1.67. The highest BCUT2D eigenvalue weighted by Gasteiger charge is 2.37. The molecule has 28 heavy (non-hydrogen) atoms. The SMILES string of the molecule is C[C@H](OC(=O)CN1C(=O)c2ccccc2C1=O)C(=O)NCc1ccc(F)cc1. The fourth-order valence-corrected chi connectivity index (χ4v) is 2.73. The maximum Gasteiger partial charge on any atom is 0.326 e. The Balaban J connectivity index is 1.52. The second-order valence-corrected chi connectivity index (χ2v) is 6.22.